The number of aldehydes is 1. The van der Waals surface area contributed by atoms with Crippen molar-refractivity contribution in [2.75, 3.05) is 0 Å². The lowest BCUT2D eigenvalue weighted by atomic mass is 10.0. The van der Waals surface area contributed by atoms with Crippen molar-refractivity contribution in [1.82, 2.24) is 0 Å². The summed E-state index contributed by atoms with van der Waals surface area (Å²) in [4.78, 5) is 22.6. The summed E-state index contributed by atoms with van der Waals surface area (Å²) in [5.41, 5.74) is 6.23. The maximum Gasteiger partial charge on any atom is 0.328 e. The summed E-state index contributed by atoms with van der Waals surface area (Å²) in [6, 6.07) is 1.82. The van der Waals surface area contributed by atoms with Gasteiger partial charge in [0, 0.05) is 0 Å². The van der Waals surface area contributed by atoms with Crippen LogP contribution in [-0.2, 0) is 4.79 Å². The molecule has 1 aromatic rings. The molecule has 0 unspecified atom stereocenters. The Bertz CT molecular complexity index is 486. The van der Waals surface area contributed by atoms with Crippen molar-refractivity contribution in [3.8, 4) is 5.75 Å². The first-order valence-corrected chi connectivity index (χ1v) is 6.07. The van der Waals surface area contributed by atoms with Gasteiger partial charge in [0.25, 0.3) is 0 Å². The number of carbonyl (C=O) groups excluding carboxylic acids is 2. The Labute approximate surface area is 111 Å². The van der Waals surface area contributed by atoms with Crippen molar-refractivity contribution in [3.05, 3.63) is 29.1 Å². The average Bonchev–Trinajstić information content (AvgIpc) is 2.30. The van der Waals surface area contributed by atoms with Crippen LogP contribution in [0.3, 0.4) is 0 Å². The Hall–Kier alpha value is -1.75. The van der Waals surface area contributed by atoms with Gasteiger partial charge in [-0.25, -0.2) is 9.18 Å². The molecule has 104 valence electrons. The van der Waals surface area contributed by atoms with Crippen molar-refractivity contribution in [2.45, 2.75) is 33.2 Å². The van der Waals surface area contributed by atoms with Gasteiger partial charge in [0.05, 0.1) is 5.56 Å². The van der Waals surface area contributed by atoms with Gasteiger partial charge in [-0.1, -0.05) is 13.8 Å². The first-order valence-electron chi connectivity index (χ1n) is 6.07. The SMILES string of the molecule is Cc1cc(F)c(OC(=O)[C@@H](N)CC(C)C)c(C=O)c1. The van der Waals surface area contributed by atoms with E-state index >= 15 is 0 Å². The number of hydrogen-bond acceptors (Lipinski definition) is 4. The van der Waals surface area contributed by atoms with Crippen LogP contribution in [-0.4, -0.2) is 18.3 Å². The summed E-state index contributed by atoms with van der Waals surface area (Å²) < 4.78 is 18.6. The maximum atomic E-state index is 13.7. The van der Waals surface area contributed by atoms with E-state index < -0.39 is 17.8 Å². The van der Waals surface area contributed by atoms with Crippen LogP contribution in [0, 0.1) is 18.7 Å². The van der Waals surface area contributed by atoms with Crippen molar-refractivity contribution in [2.24, 2.45) is 11.7 Å². The van der Waals surface area contributed by atoms with E-state index in [-0.39, 0.29) is 17.2 Å². The number of esters is 1. The second-order valence-corrected chi connectivity index (χ2v) is 4.94. The number of nitrogens with two attached hydrogens (primary N) is 1. The van der Waals surface area contributed by atoms with Gasteiger partial charge in [-0.15, -0.1) is 0 Å². The second-order valence-electron chi connectivity index (χ2n) is 4.94. The fourth-order valence-electron chi connectivity index (χ4n) is 1.73. The molecule has 1 rings (SSSR count). The Kier molecular flexibility index (Phi) is 5.18. The van der Waals surface area contributed by atoms with E-state index in [4.69, 9.17) is 10.5 Å². The van der Waals surface area contributed by atoms with Gasteiger partial charge in [-0.2, -0.15) is 0 Å². The molecule has 0 bridgehead atoms. The van der Waals surface area contributed by atoms with E-state index in [0.717, 1.165) is 0 Å². The van der Waals surface area contributed by atoms with E-state index in [9.17, 15) is 14.0 Å². The van der Waals surface area contributed by atoms with Crippen LogP contribution in [0.15, 0.2) is 12.1 Å². The van der Waals surface area contributed by atoms with Crippen LogP contribution < -0.4 is 10.5 Å². The molecule has 19 heavy (non-hydrogen) atoms. The molecule has 0 aromatic heterocycles. The molecule has 0 aliphatic carbocycles. The number of ether oxygens (including phenoxy) is 1. The maximum absolute atomic E-state index is 13.7. The molecule has 0 aliphatic heterocycles. The second kappa shape index (κ2) is 6.43. The smallest absolute Gasteiger partial charge is 0.328 e. The molecule has 2 N–H and O–H groups in total. The number of benzene rings is 1. The zero-order valence-electron chi connectivity index (χ0n) is 11.3. The largest absolute Gasteiger partial charge is 0.421 e. The van der Waals surface area contributed by atoms with Gasteiger partial charge in [0.2, 0.25) is 0 Å². The third kappa shape index (κ3) is 4.13. The van der Waals surface area contributed by atoms with Crippen molar-refractivity contribution in [1.29, 1.82) is 0 Å². The average molecular weight is 267 g/mol. The van der Waals surface area contributed by atoms with Crippen LogP contribution in [0.1, 0.15) is 36.2 Å². The standard InChI is InChI=1S/C14H18FNO3/c1-8(2)4-12(16)14(18)19-13-10(7-17)5-9(3)6-11(13)15/h5-8,12H,4,16H2,1-3H3/t12-/m0/s1. The van der Waals surface area contributed by atoms with Gasteiger partial charge < -0.3 is 10.5 Å². The van der Waals surface area contributed by atoms with Gasteiger partial charge in [-0.05, 0) is 37.0 Å². The quantitative estimate of drug-likeness (QED) is 0.504. The summed E-state index contributed by atoms with van der Waals surface area (Å²) in [5, 5.41) is 0. The summed E-state index contributed by atoms with van der Waals surface area (Å²) >= 11 is 0. The van der Waals surface area contributed by atoms with E-state index in [2.05, 4.69) is 0 Å². The van der Waals surface area contributed by atoms with E-state index in [1.54, 1.807) is 6.92 Å². The first-order chi connectivity index (χ1) is 8.85. The van der Waals surface area contributed by atoms with Crippen LogP contribution in [0.25, 0.3) is 0 Å². The third-order valence-corrected chi connectivity index (χ3v) is 2.57. The molecule has 0 saturated carbocycles. The lowest BCUT2D eigenvalue weighted by Gasteiger charge is -2.14. The fraction of sp³-hybridized carbons (Fsp3) is 0.429. The Morgan fingerprint density at radius 2 is 2.11 bits per heavy atom. The van der Waals surface area contributed by atoms with Gasteiger partial charge in [-0.3, -0.25) is 4.79 Å². The predicted octanol–water partition coefficient (Wildman–Crippen LogP) is 2.23. The van der Waals surface area contributed by atoms with Gasteiger partial charge in [0.1, 0.15) is 6.04 Å². The Balaban J connectivity index is 2.93. The summed E-state index contributed by atoms with van der Waals surface area (Å²) in [6.45, 7) is 5.47. The highest BCUT2D eigenvalue weighted by Gasteiger charge is 2.21. The molecule has 4 nitrogen and oxygen atoms in total. The monoisotopic (exact) mass is 267 g/mol. The molecule has 1 atom stereocenters. The number of aryl methyl sites for hydroxylation is 1. The van der Waals surface area contributed by atoms with Gasteiger partial charge >= 0.3 is 5.97 Å². The first kappa shape index (κ1) is 15.3. The summed E-state index contributed by atoms with van der Waals surface area (Å²) in [5.74, 6) is -1.62. The zero-order valence-corrected chi connectivity index (χ0v) is 11.3. The highest BCUT2D eigenvalue weighted by atomic mass is 19.1. The molecule has 0 amide bonds. The number of rotatable bonds is 5. The Morgan fingerprint density at radius 3 is 2.63 bits per heavy atom. The van der Waals surface area contributed by atoms with Crippen molar-refractivity contribution in [3.63, 3.8) is 0 Å². The molecule has 0 spiro atoms. The highest BCUT2D eigenvalue weighted by Crippen LogP contribution is 2.24. The molecule has 1 aromatic carbocycles. The molecule has 0 radical (unpaired) electrons. The molecule has 0 fully saturated rings. The van der Waals surface area contributed by atoms with Crippen LogP contribution in [0.5, 0.6) is 5.75 Å². The van der Waals surface area contributed by atoms with Gasteiger partial charge in [0.15, 0.2) is 17.9 Å². The van der Waals surface area contributed by atoms with Crippen molar-refractivity contribution < 1.29 is 18.7 Å². The molecule has 0 heterocycles. The van der Waals surface area contributed by atoms with E-state index in [1.165, 1.54) is 12.1 Å². The van der Waals surface area contributed by atoms with E-state index in [1.807, 2.05) is 13.8 Å². The highest BCUT2D eigenvalue weighted by molar-refractivity contribution is 5.84. The Morgan fingerprint density at radius 1 is 1.47 bits per heavy atom. The van der Waals surface area contributed by atoms with Crippen LogP contribution in [0.2, 0.25) is 0 Å². The lowest BCUT2D eigenvalue weighted by Crippen LogP contribution is -2.35. The van der Waals surface area contributed by atoms with Crippen molar-refractivity contribution >= 4 is 12.3 Å². The predicted molar refractivity (Wildman–Crippen MR) is 69.6 cm³/mol. The summed E-state index contributed by atoms with van der Waals surface area (Å²) in [6.07, 6.45) is 0.884. The molecule has 5 heteroatoms. The number of hydrogen-bond donors (Lipinski definition) is 1. The molecule has 0 saturated heterocycles. The van der Waals surface area contributed by atoms with E-state index in [0.29, 0.717) is 18.3 Å². The fourth-order valence-corrected chi connectivity index (χ4v) is 1.73. The van der Waals surface area contributed by atoms with Crippen LogP contribution in [0.4, 0.5) is 4.39 Å². The normalized spacial score (nSPS) is 12.3. The molecule has 0 aliphatic rings. The lowest BCUT2D eigenvalue weighted by molar-refractivity contribution is -0.136. The number of halogens is 1. The summed E-state index contributed by atoms with van der Waals surface area (Å²) in [7, 11) is 0. The zero-order chi connectivity index (χ0) is 14.6. The van der Waals surface area contributed by atoms with Crippen LogP contribution >= 0.6 is 0 Å². The minimum absolute atomic E-state index is 0.00240. The number of carbonyl (C=O) groups is 2. The molecular formula is C14H18FNO3. The third-order valence-electron chi connectivity index (χ3n) is 2.57. The minimum atomic E-state index is -0.833. The molecular weight excluding hydrogens is 249 g/mol. The minimum Gasteiger partial charge on any atom is -0.421 e. The topological polar surface area (TPSA) is 69.4 Å².